The largest absolute Gasteiger partial charge is 0.343 e. The van der Waals surface area contributed by atoms with Crippen molar-refractivity contribution in [1.82, 2.24) is 24.3 Å². The van der Waals surface area contributed by atoms with E-state index in [9.17, 15) is 13.6 Å². The molecule has 2 aromatic heterocycles. The second-order valence-corrected chi connectivity index (χ2v) is 6.21. The predicted molar refractivity (Wildman–Crippen MR) is 88.3 cm³/mol. The zero-order chi connectivity index (χ0) is 17.1. The van der Waals surface area contributed by atoms with Crippen LogP contribution in [0.4, 0.5) is 8.78 Å². The highest BCUT2D eigenvalue weighted by Gasteiger charge is 2.18. The molecule has 0 unspecified atom stereocenters. The van der Waals surface area contributed by atoms with Gasteiger partial charge in [-0.25, -0.2) is 14.9 Å². The van der Waals surface area contributed by atoms with Gasteiger partial charge >= 0.3 is 12.2 Å². The maximum Gasteiger partial charge on any atom is 0.343 e. The summed E-state index contributed by atoms with van der Waals surface area (Å²) in [4.78, 5) is 16.0. The lowest BCUT2D eigenvalue weighted by Crippen LogP contribution is -2.17. The van der Waals surface area contributed by atoms with Crippen molar-refractivity contribution in [1.29, 1.82) is 0 Å². The Kier molecular flexibility index (Phi) is 4.98. The molecular formula is C15H17F2N5OS. The summed E-state index contributed by atoms with van der Waals surface area (Å²) < 4.78 is 29.3. The summed E-state index contributed by atoms with van der Waals surface area (Å²) in [5, 5.41) is 6.87. The van der Waals surface area contributed by atoms with E-state index in [-0.39, 0.29) is 17.3 Å². The molecule has 9 heteroatoms. The maximum absolute atomic E-state index is 13.4. The second-order valence-electron chi connectivity index (χ2n) is 5.27. The standard InChI is InChI=1S/C15H17F2N5OS/c1-2-3-8-21-14(23)19-20-15(21)24-9-12-18-10-6-4-5-7-11(10)22(12)13(16)17/h4-7,13H,2-3,8-9H2,1H3,(H,19,23). The summed E-state index contributed by atoms with van der Waals surface area (Å²) in [5.74, 6) is 0.462. The van der Waals surface area contributed by atoms with Crippen molar-refractivity contribution < 1.29 is 8.78 Å². The number of thioether (sulfide) groups is 1. The van der Waals surface area contributed by atoms with Gasteiger partial charge in [-0.2, -0.15) is 8.78 Å². The van der Waals surface area contributed by atoms with Gasteiger partial charge in [0.05, 0.1) is 16.8 Å². The van der Waals surface area contributed by atoms with Crippen LogP contribution in [0.3, 0.4) is 0 Å². The van der Waals surface area contributed by atoms with Gasteiger partial charge in [0, 0.05) is 6.54 Å². The predicted octanol–water partition coefficient (Wildman–Crippen LogP) is 3.41. The third-order valence-electron chi connectivity index (χ3n) is 3.65. The first-order valence-corrected chi connectivity index (χ1v) is 8.62. The first-order chi connectivity index (χ1) is 11.6. The van der Waals surface area contributed by atoms with Crippen molar-refractivity contribution >= 4 is 22.8 Å². The number of fused-ring (bicyclic) bond motifs is 1. The highest BCUT2D eigenvalue weighted by atomic mass is 32.2. The number of rotatable bonds is 7. The van der Waals surface area contributed by atoms with E-state index in [0.717, 1.165) is 17.4 Å². The van der Waals surface area contributed by atoms with Gasteiger partial charge in [0.15, 0.2) is 5.16 Å². The number of nitrogens with one attached hydrogen (secondary N) is 1. The zero-order valence-electron chi connectivity index (χ0n) is 13.1. The smallest absolute Gasteiger partial charge is 0.270 e. The van der Waals surface area contributed by atoms with Gasteiger partial charge in [-0.3, -0.25) is 9.13 Å². The number of aromatic amines is 1. The molecule has 128 valence electrons. The van der Waals surface area contributed by atoms with Crippen LogP contribution in [0.5, 0.6) is 0 Å². The van der Waals surface area contributed by atoms with E-state index in [1.54, 1.807) is 24.3 Å². The molecule has 6 nitrogen and oxygen atoms in total. The zero-order valence-corrected chi connectivity index (χ0v) is 13.9. The number of hydrogen-bond acceptors (Lipinski definition) is 4. The first-order valence-electron chi connectivity index (χ1n) is 7.63. The van der Waals surface area contributed by atoms with E-state index in [2.05, 4.69) is 15.2 Å². The molecule has 0 bridgehead atoms. The molecule has 1 N–H and O–H groups in total. The Morgan fingerprint density at radius 3 is 2.88 bits per heavy atom. The number of nitrogens with zero attached hydrogens (tertiary/aromatic N) is 4. The fraction of sp³-hybridized carbons (Fsp3) is 0.400. The minimum Gasteiger partial charge on any atom is -0.270 e. The van der Waals surface area contributed by atoms with Gasteiger partial charge in [-0.1, -0.05) is 37.2 Å². The summed E-state index contributed by atoms with van der Waals surface area (Å²) in [6.07, 6.45) is 1.80. The van der Waals surface area contributed by atoms with Crippen molar-refractivity contribution in [3.63, 3.8) is 0 Å². The van der Waals surface area contributed by atoms with Crippen molar-refractivity contribution in [3.8, 4) is 0 Å². The van der Waals surface area contributed by atoms with Gasteiger partial charge in [-0.15, -0.1) is 5.10 Å². The summed E-state index contributed by atoms with van der Waals surface area (Å²) in [6.45, 7) is -0.0861. The number of H-pyrrole nitrogens is 1. The average molecular weight is 353 g/mol. The lowest BCUT2D eigenvalue weighted by Gasteiger charge is -2.08. The lowest BCUT2D eigenvalue weighted by molar-refractivity contribution is 0.0722. The van der Waals surface area contributed by atoms with Crippen molar-refractivity contribution in [2.45, 2.75) is 43.8 Å². The number of para-hydroxylation sites is 2. The van der Waals surface area contributed by atoms with Crippen LogP contribution < -0.4 is 5.69 Å². The summed E-state index contributed by atoms with van der Waals surface area (Å²) in [5.41, 5.74) is 0.639. The fourth-order valence-corrected chi connectivity index (χ4v) is 3.37. The van der Waals surface area contributed by atoms with E-state index in [4.69, 9.17) is 0 Å². The number of halogens is 2. The summed E-state index contributed by atoms with van der Waals surface area (Å²) in [7, 11) is 0. The molecule has 0 spiro atoms. The minimum absolute atomic E-state index is 0.204. The van der Waals surface area contributed by atoms with Crippen LogP contribution in [0.2, 0.25) is 0 Å². The second kappa shape index (κ2) is 7.16. The van der Waals surface area contributed by atoms with Crippen LogP contribution in [0, 0.1) is 0 Å². The Morgan fingerprint density at radius 2 is 2.12 bits per heavy atom. The molecular weight excluding hydrogens is 336 g/mol. The fourth-order valence-electron chi connectivity index (χ4n) is 2.47. The Morgan fingerprint density at radius 1 is 1.33 bits per heavy atom. The number of benzene rings is 1. The van der Waals surface area contributed by atoms with E-state index in [1.165, 1.54) is 16.3 Å². The van der Waals surface area contributed by atoms with Crippen LogP contribution >= 0.6 is 11.8 Å². The molecule has 3 aromatic rings. The Balaban J connectivity index is 1.86. The molecule has 0 aliphatic rings. The normalized spacial score (nSPS) is 11.7. The molecule has 1 aromatic carbocycles. The summed E-state index contributed by atoms with van der Waals surface area (Å²) >= 11 is 1.22. The molecule has 0 aliphatic heterocycles. The Bertz CT molecular complexity index is 885. The molecule has 24 heavy (non-hydrogen) atoms. The van der Waals surface area contributed by atoms with E-state index >= 15 is 0 Å². The lowest BCUT2D eigenvalue weighted by atomic mass is 10.3. The van der Waals surface area contributed by atoms with Gasteiger partial charge in [0.2, 0.25) is 0 Å². The highest BCUT2D eigenvalue weighted by Crippen LogP contribution is 2.27. The molecule has 0 fully saturated rings. The highest BCUT2D eigenvalue weighted by molar-refractivity contribution is 7.98. The molecule has 0 saturated carbocycles. The maximum atomic E-state index is 13.4. The van der Waals surface area contributed by atoms with Gasteiger partial charge < -0.3 is 0 Å². The van der Waals surface area contributed by atoms with Crippen LogP contribution in [0.25, 0.3) is 11.0 Å². The Hall–Kier alpha value is -2.16. The third kappa shape index (κ3) is 3.21. The first kappa shape index (κ1) is 16.7. The van der Waals surface area contributed by atoms with Crippen LogP contribution in [-0.2, 0) is 12.3 Å². The number of alkyl halides is 2. The monoisotopic (exact) mass is 353 g/mol. The molecule has 3 rings (SSSR count). The molecule has 0 atom stereocenters. The molecule has 0 amide bonds. The number of imidazole rings is 1. The van der Waals surface area contributed by atoms with E-state index < -0.39 is 6.55 Å². The van der Waals surface area contributed by atoms with Gasteiger partial charge in [-0.05, 0) is 18.6 Å². The van der Waals surface area contributed by atoms with Crippen LogP contribution in [0.15, 0.2) is 34.2 Å². The van der Waals surface area contributed by atoms with Crippen molar-refractivity contribution in [3.05, 3.63) is 40.6 Å². The summed E-state index contributed by atoms with van der Waals surface area (Å²) in [6, 6.07) is 6.79. The average Bonchev–Trinajstić information content (AvgIpc) is 3.11. The van der Waals surface area contributed by atoms with Crippen LogP contribution in [-0.4, -0.2) is 24.3 Å². The third-order valence-corrected chi connectivity index (χ3v) is 4.63. The van der Waals surface area contributed by atoms with Crippen LogP contribution in [0.1, 0.15) is 32.1 Å². The molecule has 0 saturated heterocycles. The molecule has 0 aliphatic carbocycles. The molecule has 0 radical (unpaired) electrons. The SMILES string of the molecule is CCCCn1c(SCc2nc3ccccc3n2C(F)F)n[nH]c1=O. The van der Waals surface area contributed by atoms with Gasteiger partial charge in [0.25, 0.3) is 0 Å². The topological polar surface area (TPSA) is 68.5 Å². The number of aromatic nitrogens is 5. The molecule has 2 heterocycles. The quantitative estimate of drug-likeness (QED) is 0.661. The van der Waals surface area contributed by atoms with Crippen molar-refractivity contribution in [2.75, 3.05) is 0 Å². The van der Waals surface area contributed by atoms with Crippen molar-refractivity contribution in [2.24, 2.45) is 0 Å². The number of unbranched alkanes of at least 4 members (excludes halogenated alkanes) is 1. The number of hydrogen-bond donors (Lipinski definition) is 1. The van der Waals surface area contributed by atoms with E-state index in [0.29, 0.717) is 22.7 Å². The van der Waals surface area contributed by atoms with E-state index in [1.807, 2.05) is 6.92 Å². The minimum atomic E-state index is -2.67. The Labute approximate surface area is 140 Å². The van der Waals surface area contributed by atoms with Gasteiger partial charge in [0.1, 0.15) is 5.82 Å².